The number of anilines is 1. The number of halogens is 2. The molecule has 0 aliphatic carbocycles. The van der Waals surface area contributed by atoms with Gasteiger partial charge in [0.2, 0.25) is 0 Å². The maximum absolute atomic E-state index is 5.97. The van der Waals surface area contributed by atoms with Gasteiger partial charge in [-0.25, -0.2) is 15.5 Å². The zero-order valence-corrected chi connectivity index (χ0v) is 9.00. The van der Waals surface area contributed by atoms with Crippen LogP contribution in [0.15, 0.2) is 24.5 Å². The van der Waals surface area contributed by atoms with Crippen LogP contribution in [-0.2, 0) is 0 Å². The summed E-state index contributed by atoms with van der Waals surface area (Å²) in [5.41, 5.74) is 2.38. The lowest BCUT2D eigenvalue weighted by atomic mass is 10.4. The summed E-state index contributed by atoms with van der Waals surface area (Å²) in [5, 5.41) is 4.78. The Labute approximate surface area is 95.8 Å². The summed E-state index contributed by atoms with van der Waals surface area (Å²) in [7, 11) is 0. The minimum atomic E-state index is 0.353. The first-order chi connectivity index (χ1) is 7.22. The molecule has 0 aliphatic heterocycles. The highest BCUT2D eigenvalue weighted by Gasteiger charge is 2.09. The van der Waals surface area contributed by atoms with E-state index in [1.54, 1.807) is 24.5 Å². The van der Waals surface area contributed by atoms with E-state index in [-0.39, 0.29) is 0 Å². The standard InChI is InChI=1S/C8H7Cl2N5/c9-5-4-6(10)8(13-7(5)14-11)15-3-1-2-12-15/h1-4H,11H2,(H,13,14). The van der Waals surface area contributed by atoms with Crippen molar-refractivity contribution < 1.29 is 0 Å². The maximum atomic E-state index is 5.97. The third-order valence-corrected chi connectivity index (χ3v) is 2.34. The van der Waals surface area contributed by atoms with Gasteiger partial charge in [-0.1, -0.05) is 23.2 Å². The fourth-order valence-electron chi connectivity index (χ4n) is 1.11. The molecule has 0 unspecified atom stereocenters. The smallest absolute Gasteiger partial charge is 0.174 e. The maximum Gasteiger partial charge on any atom is 0.174 e. The molecule has 3 N–H and O–H groups in total. The van der Waals surface area contributed by atoms with Crippen molar-refractivity contribution in [2.24, 2.45) is 5.84 Å². The van der Waals surface area contributed by atoms with Gasteiger partial charge < -0.3 is 5.43 Å². The highest BCUT2D eigenvalue weighted by atomic mass is 35.5. The van der Waals surface area contributed by atoms with E-state index >= 15 is 0 Å². The molecule has 0 bridgehead atoms. The van der Waals surface area contributed by atoms with Crippen LogP contribution in [0.2, 0.25) is 10.0 Å². The summed E-state index contributed by atoms with van der Waals surface area (Å²) in [4.78, 5) is 4.13. The minimum Gasteiger partial charge on any atom is -0.307 e. The Balaban J connectivity index is 2.57. The second-order valence-electron chi connectivity index (χ2n) is 2.72. The zero-order chi connectivity index (χ0) is 10.8. The second-order valence-corrected chi connectivity index (χ2v) is 3.53. The van der Waals surface area contributed by atoms with Crippen LogP contribution in [0.4, 0.5) is 5.82 Å². The van der Waals surface area contributed by atoms with Crippen molar-refractivity contribution in [2.75, 3.05) is 5.43 Å². The lowest BCUT2D eigenvalue weighted by molar-refractivity contribution is 0.847. The SMILES string of the molecule is NNc1nc(-n2cccn2)c(Cl)cc1Cl. The quantitative estimate of drug-likeness (QED) is 0.624. The molecule has 5 nitrogen and oxygen atoms in total. The van der Waals surface area contributed by atoms with Crippen molar-refractivity contribution in [3.63, 3.8) is 0 Å². The van der Waals surface area contributed by atoms with Gasteiger partial charge in [-0.15, -0.1) is 0 Å². The third-order valence-electron chi connectivity index (χ3n) is 1.77. The summed E-state index contributed by atoms with van der Waals surface area (Å²) in [5.74, 6) is 6.08. The number of nitrogens with zero attached hydrogens (tertiary/aromatic N) is 3. The molecule has 0 amide bonds. The molecule has 2 aromatic heterocycles. The van der Waals surface area contributed by atoms with Gasteiger partial charge in [0.05, 0.1) is 10.0 Å². The number of nitrogens with two attached hydrogens (primary N) is 1. The van der Waals surface area contributed by atoms with Crippen LogP contribution < -0.4 is 11.3 Å². The average molecular weight is 244 g/mol. The molecule has 0 fully saturated rings. The van der Waals surface area contributed by atoms with Crippen molar-refractivity contribution in [3.05, 3.63) is 34.6 Å². The van der Waals surface area contributed by atoms with Crippen LogP contribution in [0.3, 0.4) is 0 Å². The van der Waals surface area contributed by atoms with Crippen molar-refractivity contribution in [1.29, 1.82) is 0 Å². The van der Waals surface area contributed by atoms with Crippen LogP contribution in [0.1, 0.15) is 0 Å². The normalized spacial score (nSPS) is 10.3. The zero-order valence-electron chi connectivity index (χ0n) is 7.48. The molecule has 15 heavy (non-hydrogen) atoms. The number of aromatic nitrogens is 3. The predicted octanol–water partition coefficient (Wildman–Crippen LogP) is 1.86. The number of nitrogens with one attached hydrogen (secondary N) is 1. The molecular weight excluding hydrogens is 237 g/mol. The molecule has 2 aromatic rings. The van der Waals surface area contributed by atoms with Crippen molar-refractivity contribution >= 4 is 29.0 Å². The Hall–Kier alpha value is -1.30. The van der Waals surface area contributed by atoms with Gasteiger partial charge in [0.15, 0.2) is 11.6 Å². The fourth-order valence-corrected chi connectivity index (χ4v) is 1.61. The Morgan fingerprint density at radius 1 is 1.33 bits per heavy atom. The number of hydrazine groups is 1. The van der Waals surface area contributed by atoms with Crippen molar-refractivity contribution in [2.45, 2.75) is 0 Å². The van der Waals surface area contributed by atoms with Crippen LogP contribution in [0.25, 0.3) is 5.82 Å². The number of rotatable bonds is 2. The van der Waals surface area contributed by atoms with E-state index in [9.17, 15) is 0 Å². The van der Waals surface area contributed by atoms with Crippen LogP contribution >= 0.6 is 23.2 Å². The van der Waals surface area contributed by atoms with Crippen LogP contribution in [0.5, 0.6) is 0 Å². The monoisotopic (exact) mass is 243 g/mol. The molecule has 0 radical (unpaired) electrons. The first-order valence-corrected chi connectivity index (χ1v) is 4.80. The van der Waals surface area contributed by atoms with E-state index in [1.807, 2.05) is 0 Å². The van der Waals surface area contributed by atoms with Gasteiger partial charge in [0.1, 0.15) is 0 Å². The topological polar surface area (TPSA) is 68.8 Å². The number of hydrogen-bond acceptors (Lipinski definition) is 4. The summed E-state index contributed by atoms with van der Waals surface area (Å²) < 4.78 is 1.53. The molecule has 2 rings (SSSR count). The molecule has 0 saturated heterocycles. The molecule has 0 aromatic carbocycles. The first-order valence-electron chi connectivity index (χ1n) is 4.05. The Morgan fingerprint density at radius 3 is 2.73 bits per heavy atom. The van der Waals surface area contributed by atoms with E-state index < -0.39 is 0 Å². The van der Waals surface area contributed by atoms with E-state index in [2.05, 4.69) is 15.5 Å². The van der Waals surface area contributed by atoms with Crippen LogP contribution in [-0.4, -0.2) is 14.8 Å². The van der Waals surface area contributed by atoms with E-state index in [0.717, 1.165) is 0 Å². The Morgan fingerprint density at radius 2 is 2.13 bits per heavy atom. The van der Waals surface area contributed by atoms with Gasteiger partial charge in [0, 0.05) is 12.4 Å². The highest BCUT2D eigenvalue weighted by molar-refractivity contribution is 6.36. The van der Waals surface area contributed by atoms with Crippen molar-refractivity contribution in [1.82, 2.24) is 14.8 Å². The molecular formula is C8H7Cl2N5. The lowest BCUT2D eigenvalue weighted by Crippen LogP contribution is -2.11. The van der Waals surface area contributed by atoms with E-state index in [0.29, 0.717) is 21.7 Å². The molecule has 0 spiro atoms. The Kier molecular flexibility index (Phi) is 2.77. The number of hydrogen-bond donors (Lipinski definition) is 2. The minimum absolute atomic E-state index is 0.353. The summed E-state index contributed by atoms with van der Waals surface area (Å²) in [6, 6.07) is 3.32. The molecule has 0 saturated carbocycles. The Bertz CT molecular complexity index is 468. The van der Waals surface area contributed by atoms with Gasteiger partial charge in [-0.3, -0.25) is 0 Å². The number of nitrogen functional groups attached to an aromatic ring is 1. The predicted molar refractivity (Wildman–Crippen MR) is 59.2 cm³/mol. The lowest BCUT2D eigenvalue weighted by Gasteiger charge is -2.07. The second kappa shape index (κ2) is 4.06. The van der Waals surface area contributed by atoms with Crippen LogP contribution in [0, 0.1) is 0 Å². The fraction of sp³-hybridized carbons (Fsp3) is 0. The summed E-state index contributed by atoms with van der Waals surface area (Å²) in [6.45, 7) is 0. The number of pyridine rings is 1. The van der Waals surface area contributed by atoms with Crippen molar-refractivity contribution in [3.8, 4) is 5.82 Å². The molecule has 0 aliphatic rings. The van der Waals surface area contributed by atoms with E-state index in [1.165, 1.54) is 4.68 Å². The van der Waals surface area contributed by atoms with E-state index in [4.69, 9.17) is 29.0 Å². The van der Waals surface area contributed by atoms with Gasteiger partial charge in [-0.2, -0.15) is 5.10 Å². The largest absolute Gasteiger partial charge is 0.307 e. The van der Waals surface area contributed by atoms with Gasteiger partial charge in [0.25, 0.3) is 0 Å². The average Bonchev–Trinajstić information content (AvgIpc) is 2.71. The molecule has 2 heterocycles. The molecule has 7 heteroatoms. The van der Waals surface area contributed by atoms with Gasteiger partial charge in [-0.05, 0) is 12.1 Å². The molecule has 0 atom stereocenters. The third kappa shape index (κ3) is 1.90. The van der Waals surface area contributed by atoms with Gasteiger partial charge >= 0.3 is 0 Å². The first kappa shape index (κ1) is 10.2. The highest BCUT2D eigenvalue weighted by Crippen LogP contribution is 2.27. The molecule has 78 valence electrons. The summed E-state index contributed by atoms with van der Waals surface area (Å²) in [6.07, 6.45) is 3.35. The summed E-state index contributed by atoms with van der Waals surface area (Å²) >= 11 is 11.8.